The van der Waals surface area contributed by atoms with Crippen LogP contribution in [0.5, 0.6) is 5.75 Å². The molecule has 2 saturated heterocycles. The van der Waals surface area contributed by atoms with E-state index in [4.69, 9.17) is 14.5 Å². The molecule has 2 aliphatic rings. The second-order valence-electron chi connectivity index (χ2n) is 7.53. The summed E-state index contributed by atoms with van der Waals surface area (Å²) in [6.07, 6.45) is 4.39. The highest BCUT2D eigenvalue weighted by molar-refractivity contribution is 5.40. The summed E-state index contributed by atoms with van der Waals surface area (Å²) in [5, 5.41) is 0. The van der Waals surface area contributed by atoms with Crippen LogP contribution in [0.25, 0.3) is 0 Å². The Morgan fingerprint density at radius 2 is 1.74 bits per heavy atom. The van der Waals surface area contributed by atoms with E-state index in [-0.39, 0.29) is 0 Å². The topological polar surface area (TPSA) is 37.8 Å². The Bertz CT molecular complexity index is 703. The summed E-state index contributed by atoms with van der Waals surface area (Å²) >= 11 is 0. The third-order valence-corrected chi connectivity index (χ3v) is 5.41. The van der Waals surface area contributed by atoms with Crippen molar-refractivity contribution in [2.75, 3.05) is 44.3 Å². The van der Waals surface area contributed by atoms with Crippen molar-refractivity contribution >= 4 is 5.82 Å². The van der Waals surface area contributed by atoms with E-state index in [1.54, 1.807) is 0 Å². The van der Waals surface area contributed by atoms with Crippen LogP contribution in [0.1, 0.15) is 24.0 Å². The van der Waals surface area contributed by atoms with Gasteiger partial charge in [0.1, 0.15) is 17.7 Å². The standard InChI is InChI=1S/C22H29N3O2/c1-18-2-5-20(6-3-18)27-21-8-10-25(11-9-21)22-7-4-19(16-23-22)17-24-12-14-26-15-13-24/h2-7,16,21H,8-15,17H2,1H3. The molecule has 2 aromatic rings. The summed E-state index contributed by atoms with van der Waals surface area (Å²) in [6, 6.07) is 12.7. The number of anilines is 1. The molecule has 4 rings (SSSR count). The maximum Gasteiger partial charge on any atom is 0.128 e. The first kappa shape index (κ1) is 18.3. The number of ether oxygens (including phenoxy) is 2. The van der Waals surface area contributed by atoms with Gasteiger partial charge in [0, 0.05) is 51.8 Å². The molecule has 0 aliphatic carbocycles. The number of aromatic nitrogens is 1. The minimum atomic E-state index is 0.296. The smallest absolute Gasteiger partial charge is 0.128 e. The fourth-order valence-corrected chi connectivity index (χ4v) is 3.73. The number of pyridine rings is 1. The van der Waals surface area contributed by atoms with Crippen LogP contribution in [0.15, 0.2) is 42.6 Å². The Labute approximate surface area is 161 Å². The van der Waals surface area contributed by atoms with Gasteiger partial charge in [-0.1, -0.05) is 23.8 Å². The normalized spacial score (nSPS) is 19.2. The van der Waals surface area contributed by atoms with E-state index in [9.17, 15) is 0 Å². The van der Waals surface area contributed by atoms with E-state index in [1.165, 1.54) is 11.1 Å². The van der Waals surface area contributed by atoms with Crippen LogP contribution in [-0.2, 0) is 11.3 Å². The largest absolute Gasteiger partial charge is 0.490 e. The Hall–Kier alpha value is -2.11. The highest BCUT2D eigenvalue weighted by Gasteiger charge is 2.21. The average Bonchev–Trinajstić information content (AvgIpc) is 2.72. The first-order chi connectivity index (χ1) is 13.3. The Morgan fingerprint density at radius 1 is 1.00 bits per heavy atom. The molecule has 5 nitrogen and oxygen atoms in total. The minimum absolute atomic E-state index is 0.296. The number of hydrogen-bond donors (Lipinski definition) is 0. The van der Waals surface area contributed by atoms with Gasteiger partial charge in [-0.25, -0.2) is 4.98 Å². The Balaban J connectivity index is 1.27. The van der Waals surface area contributed by atoms with E-state index in [2.05, 4.69) is 53.1 Å². The molecular formula is C22H29N3O2. The van der Waals surface area contributed by atoms with Crippen molar-refractivity contribution in [3.8, 4) is 5.75 Å². The molecule has 0 bridgehead atoms. The van der Waals surface area contributed by atoms with Gasteiger partial charge in [-0.05, 0) is 30.7 Å². The molecule has 1 aromatic heterocycles. The number of aryl methyl sites for hydroxylation is 1. The number of nitrogens with zero attached hydrogens (tertiary/aromatic N) is 3. The van der Waals surface area contributed by atoms with Crippen LogP contribution >= 0.6 is 0 Å². The highest BCUT2D eigenvalue weighted by atomic mass is 16.5. The van der Waals surface area contributed by atoms with E-state index in [0.717, 1.165) is 70.3 Å². The maximum absolute atomic E-state index is 6.14. The van der Waals surface area contributed by atoms with Crippen molar-refractivity contribution in [1.29, 1.82) is 0 Å². The first-order valence-electron chi connectivity index (χ1n) is 9.99. The molecule has 3 heterocycles. The molecule has 27 heavy (non-hydrogen) atoms. The summed E-state index contributed by atoms with van der Waals surface area (Å²) in [5.74, 6) is 2.05. The molecule has 0 saturated carbocycles. The van der Waals surface area contributed by atoms with Crippen molar-refractivity contribution in [2.45, 2.75) is 32.4 Å². The quantitative estimate of drug-likeness (QED) is 0.811. The van der Waals surface area contributed by atoms with Crippen LogP contribution in [0, 0.1) is 6.92 Å². The van der Waals surface area contributed by atoms with Crippen molar-refractivity contribution in [1.82, 2.24) is 9.88 Å². The molecule has 2 fully saturated rings. The number of piperidine rings is 1. The molecule has 5 heteroatoms. The minimum Gasteiger partial charge on any atom is -0.490 e. The van der Waals surface area contributed by atoms with Crippen molar-refractivity contribution in [2.24, 2.45) is 0 Å². The van der Waals surface area contributed by atoms with Gasteiger partial charge < -0.3 is 14.4 Å². The predicted octanol–water partition coefficient (Wildman–Crippen LogP) is 3.27. The second kappa shape index (κ2) is 8.72. The number of benzene rings is 1. The van der Waals surface area contributed by atoms with Gasteiger partial charge in [0.05, 0.1) is 13.2 Å². The van der Waals surface area contributed by atoms with Crippen LogP contribution in [0.2, 0.25) is 0 Å². The summed E-state index contributed by atoms with van der Waals surface area (Å²) in [6.45, 7) is 8.74. The summed E-state index contributed by atoms with van der Waals surface area (Å²) in [7, 11) is 0. The lowest BCUT2D eigenvalue weighted by Gasteiger charge is -2.33. The van der Waals surface area contributed by atoms with Gasteiger partial charge in [0.2, 0.25) is 0 Å². The zero-order valence-electron chi connectivity index (χ0n) is 16.1. The van der Waals surface area contributed by atoms with Gasteiger partial charge in [0.25, 0.3) is 0 Å². The molecule has 0 N–H and O–H groups in total. The van der Waals surface area contributed by atoms with Gasteiger partial charge in [0.15, 0.2) is 0 Å². The first-order valence-corrected chi connectivity index (χ1v) is 9.99. The van der Waals surface area contributed by atoms with Gasteiger partial charge in [-0.3, -0.25) is 4.90 Å². The van der Waals surface area contributed by atoms with Crippen LogP contribution in [-0.4, -0.2) is 55.4 Å². The summed E-state index contributed by atoms with van der Waals surface area (Å²) in [5.41, 5.74) is 2.54. The zero-order valence-corrected chi connectivity index (χ0v) is 16.1. The fraction of sp³-hybridized carbons (Fsp3) is 0.500. The van der Waals surface area contributed by atoms with Crippen LogP contribution in [0.4, 0.5) is 5.82 Å². The van der Waals surface area contributed by atoms with E-state index >= 15 is 0 Å². The molecule has 0 amide bonds. The van der Waals surface area contributed by atoms with Crippen LogP contribution in [0.3, 0.4) is 0 Å². The van der Waals surface area contributed by atoms with Crippen molar-refractivity contribution < 1.29 is 9.47 Å². The number of rotatable bonds is 5. The SMILES string of the molecule is Cc1ccc(OC2CCN(c3ccc(CN4CCOCC4)cn3)CC2)cc1. The van der Waals surface area contributed by atoms with E-state index < -0.39 is 0 Å². The molecular weight excluding hydrogens is 338 g/mol. The lowest BCUT2D eigenvalue weighted by Crippen LogP contribution is -2.38. The Kier molecular flexibility index (Phi) is 5.90. The molecule has 2 aliphatic heterocycles. The van der Waals surface area contributed by atoms with Crippen molar-refractivity contribution in [3.05, 3.63) is 53.7 Å². The monoisotopic (exact) mass is 367 g/mol. The lowest BCUT2D eigenvalue weighted by molar-refractivity contribution is 0.0341. The predicted molar refractivity (Wildman–Crippen MR) is 107 cm³/mol. The number of hydrogen-bond acceptors (Lipinski definition) is 5. The van der Waals surface area contributed by atoms with E-state index in [1.807, 2.05) is 6.20 Å². The second-order valence-corrected chi connectivity index (χ2v) is 7.53. The summed E-state index contributed by atoms with van der Waals surface area (Å²) in [4.78, 5) is 9.51. The fourth-order valence-electron chi connectivity index (χ4n) is 3.73. The lowest BCUT2D eigenvalue weighted by atomic mass is 10.1. The van der Waals surface area contributed by atoms with Gasteiger partial charge >= 0.3 is 0 Å². The Morgan fingerprint density at radius 3 is 2.41 bits per heavy atom. The molecule has 0 unspecified atom stereocenters. The average molecular weight is 367 g/mol. The molecule has 1 aromatic carbocycles. The molecule has 144 valence electrons. The van der Waals surface area contributed by atoms with Crippen molar-refractivity contribution in [3.63, 3.8) is 0 Å². The zero-order chi connectivity index (χ0) is 18.5. The van der Waals surface area contributed by atoms with Gasteiger partial charge in [-0.2, -0.15) is 0 Å². The third kappa shape index (κ3) is 4.99. The van der Waals surface area contributed by atoms with E-state index in [0.29, 0.717) is 6.10 Å². The third-order valence-electron chi connectivity index (χ3n) is 5.41. The van der Waals surface area contributed by atoms with Gasteiger partial charge in [-0.15, -0.1) is 0 Å². The maximum atomic E-state index is 6.14. The number of morpholine rings is 1. The molecule has 0 spiro atoms. The molecule has 0 radical (unpaired) electrons. The summed E-state index contributed by atoms with van der Waals surface area (Å²) < 4.78 is 11.5. The van der Waals surface area contributed by atoms with Crippen LogP contribution < -0.4 is 9.64 Å². The highest BCUT2D eigenvalue weighted by Crippen LogP contribution is 2.22. The molecule has 0 atom stereocenters.